The van der Waals surface area contributed by atoms with E-state index in [0.717, 1.165) is 11.3 Å². The van der Waals surface area contributed by atoms with Crippen LogP contribution in [0, 0.1) is 6.92 Å². The third-order valence-corrected chi connectivity index (χ3v) is 2.02. The molecule has 1 heterocycles. The third kappa shape index (κ3) is 1.33. The van der Waals surface area contributed by atoms with Crippen LogP contribution in [0.1, 0.15) is 18.2 Å². The second kappa shape index (κ2) is 2.97. The van der Waals surface area contributed by atoms with Gasteiger partial charge in [-0.3, -0.25) is 4.79 Å². The maximum absolute atomic E-state index is 11.5. The summed E-state index contributed by atoms with van der Waals surface area (Å²) in [5.74, 6) is 0. The zero-order valence-electron chi connectivity index (χ0n) is 7.72. The van der Waals surface area contributed by atoms with Crippen LogP contribution in [-0.4, -0.2) is 4.57 Å². The van der Waals surface area contributed by atoms with Crippen molar-refractivity contribution in [2.24, 2.45) is 7.05 Å². The van der Waals surface area contributed by atoms with Crippen LogP contribution in [0.3, 0.4) is 0 Å². The smallest absolute Gasteiger partial charge is 0.257 e. The maximum atomic E-state index is 11.5. The molecule has 0 amide bonds. The topological polar surface area (TPSA) is 22.0 Å². The molecule has 0 spiro atoms. The van der Waals surface area contributed by atoms with Crippen molar-refractivity contribution >= 4 is 5.57 Å². The number of aromatic nitrogens is 1. The molecule has 0 aromatic carbocycles. The van der Waals surface area contributed by atoms with Crippen LogP contribution < -0.4 is 5.56 Å². The van der Waals surface area contributed by atoms with Crippen LogP contribution >= 0.6 is 0 Å². The summed E-state index contributed by atoms with van der Waals surface area (Å²) in [6.45, 7) is 7.49. The van der Waals surface area contributed by atoms with Crippen LogP contribution in [0.4, 0.5) is 0 Å². The molecule has 64 valence electrons. The molecule has 12 heavy (non-hydrogen) atoms. The molecule has 2 nitrogen and oxygen atoms in total. The molecular formula is C10H13NO. The summed E-state index contributed by atoms with van der Waals surface area (Å²) in [5, 5.41) is 0. The number of aryl methyl sites for hydroxylation is 1. The molecule has 0 aliphatic rings. The Morgan fingerprint density at radius 3 is 2.58 bits per heavy atom. The van der Waals surface area contributed by atoms with Gasteiger partial charge in [-0.25, -0.2) is 0 Å². The zero-order chi connectivity index (χ0) is 9.30. The minimum atomic E-state index is 0.0301. The quantitative estimate of drug-likeness (QED) is 0.618. The molecule has 0 unspecified atom stereocenters. The average molecular weight is 163 g/mol. The summed E-state index contributed by atoms with van der Waals surface area (Å²) >= 11 is 0. The zero-order valence-corrected chi connectivity index (χ0v) is 7.72. The Labute approximate surface area is 72.2 Å². The van der Waals surface area contributed by atoms with Crippen LogP contribution in [0.25, 0.3) is 5.57 Å². The Bertz CT molecular complexity index is 374. The summed E-state index contributed by atoms with van der Waals surface area (Å²) in [7, 11) is 1.77. The highest BCUT2D eigenvalue weighted by Crippen LogP contribution is 2.05. The molecule has 1 aromatic rings. The molecule has 0 aliphatic carbocycles. The van der Waals surface area contributed by atoms with E-state index in [-0.39, 0.29) is 5.56 Å². The third-order valence-electron chi connectivity index (χ3n) is 2.02. The lowest BCUT2D eigenvalue weighted by atomic mass is 10.1. The van der Waals surface area contributed by atoms with Crippen LogP contribution in [0.15, 0.2) is 23.5 Å². The van der Waals surface area contributed by atoms with Gasteiger partial charge < -0.3 is 4.57 Å². The lowest BCUT2D eigenvalue weighted by molar-refractivity contribution is 0.814. The Hall–Kier alpha value is -1.31. The molecule has 0 saturated heterocycles. The van der Waals surface area contributed by atoms with Gasteiger partial charge in [-0.05, 0) is 31.6 Å². The fraction of sp³-hybridized carbons (Fsp3) is 0.300. The monoisotopic (exact) mass is 163 g/mol. The summed E-state index contributed by atoms with van der Waals surface area (Å²) in [4.78, 5) is 11.5. The van der Waals surface area contributed by atoms with Gasteiger partial charge in [0.15, 0.2) is 0 Å². The second-order valence-corrected chi connectivity index (χ2v) is 3.03. The van der Waals surface area contributed by atoms with Gasteiger partial charge in [-0.1, -0.05) is 6.58 Å². The molecule has 0 aliphatic heterocycles. The molecule has 1 aromatic heterocycles. The van der Waals surface area contributed by atoms with Crippen LogP contribution in [0.2, 0.25) is 0 Å². The van der Waals surface area contributed by atoms with Gasteiger partial charge in [0.25, 0.3) is 5.56 Å². The number of allylic oxidation sites excluding steroid dienone is 1. The van der Waals surface area contributed by atoms with E-state index in [1.54, 1.807) is 11.6 Å². The van der Waals surface area contributed by atoms with E-state index in [2.05, 4.69) is 6.58 Å². The van der Waals surface area contributed by atoms with Gasteiger partial charge >= 0.3 is 0 Å². The molecule has 0 saturated carbocycles. The number of rotatable bonds is 1. The Balaban J connectivity index is 3.47. The van der Waals surface area contributed by atoms with Crippen LogP contribution in [-0.2, 0) is 7.05 Å². The highest BCUT2D eigenvalue weighted by Gasteiger charge is 2.02. The molecule has 0 bridgehead atoms. The normalized spacial score (nSPS) is 9.92. The van der Waals surface area contributed by atoms with E-state index in [9.17, 15) is 4.79 Å². The van der Waals surface area contributed by atoms with Crippen molar-refractivity contribution in [3.63, 3.8) is 0 Å². The first-order valence-electron chi connectivity index (χ1n) is 3.86. The van der Waals surface area contributed by atoms with E-state index in [4.69, 9.17) is 0 Å². The van der Waals surface area contributed by atoms with E-state index >= 15 is 0 Å². The second-order valence-electron chi connectivity index (χ2n) is 3.03. The Morgan fingerprint density at radius 2 is 2.08 bits per heavy atom. The molecule has 0 N–H and O–H groups in total. The first-order chi connectivity index (χ1) is 5.54. The van der Waals surface area contributed by atoms with Gasteiger partial charge in [-0.2, -0.15) is 0 Å². The van der Waals surface area contributed by atoms with Gasteiger partial charge in [0.1, 0.15) is 0 Å². The summed E-state index contributed by atoms with van der Waals surface area (Å²) in [6, 6.07) is 3.74. The van der Waals surface area contributed by atoms with Gasteiger partial charge in [-0.15, -0.1) is 0 Å². The maximum Gasteiger partial charge on any atom is 0.257 e. The largest absolute Gasteiger partial charge is 0.315 e. The predicted octanol–water partition coefficient (Wildman–Crippen LogP) is 1.73. The lowest BCUT2D eigenvalue weighted by Crippen LogP contribution is -2.21. The Morgan fingerprint density at radius 1 is 1.50 bits per heavy atom. The summed E-state index contributed by atoms with van der Waals surface area (Å²) < 4.78 is 1.63. The van der Waals surface area contributed by atoms with Crippen molar-refractivity contribution in [1.82, 2.24) is 4.57 Å². The van der Waals surface area contributed by atoms with Crippen molar-refractivity contribution < 1.29 is 0 Å². The van der Waals surface area contributed by atoms with Crippen molar-refractivity contribution in [2.75, 3.05) is 0 Å². The van der Waals surface area contributed by atoms with E-state index in [1.165, 1.54) is 0 Å². The van der Waals surface area contributed by atoms with Crippen molar-refractivity contribution in [3.05, 3.63) is 40.3 Å². The molecule has 0 radical (unpaired) electrons. The minimum absolute atomic E-state index is 0.0301. The van der Waals surface area contributed by atoms with E-state index < -0.39 is 0 Å². The average Bonchev–Trinajstić information content (AvgIpc) is 2.00. The number of pyridine rings is 1. The molecule has 0 atom stereocenters. The fourth-order valence-electron chi connectivity index (χ4n) is 1.05. The number of nitrogens with zero attached hydrogens (tertiary/aromatic N) is 1. The van der Waals surface area contributed by atoms with Crippen molar-refractivity contribution in [1.29, 1.82) is 0 Å². The highest BCUT2D eigenvalue weighted by molar-refractivity contribution is 5.60. The first kappa shape index (κ1) is 8.78. The number of hydrogen-bond donors (Lipinski definition) is 0. The van der Waals surface area contributed by atoms with Gasteiger partial charge in [0.2, 0.25) is 0 Å². The standard InChI is InChI=1S/C10H13NO/c1-7(2)9-6-5-8(3)11(4)10(9)12/h5-6H,1H2,2-4H3. The molecule has 2 heteroatoms. The van der Waals surface area contributed by atoms with Crippen molar-refractivity contribution in [3.8, 4) is 0 Å². The number of hydrogen-bond acceptors (Lipinski definition) is 1. The van der Waals surface area contributed by atoms with Gasteiger partial charge in [0.05, 0.1) is 0 Å². The SMILES string of the molecule is C=C(C)c1ccc(C)n(C)c1=O. The lowest BCUT2D eigenvalue weighted by Gasteiger charge is -2.05. The molecule has 0 fully saturated rings. The Kier molecular flexibility index (Phi) is 2.18. The highest BCUT2D eigenvalue weighted by atomic mass is 16.1. The molecule has 1 rings (SSSR count). The predicted molar refractivity (Wildman–Crippen MR) is 51.1 cm³/mol. The minimum Gasteiger partial charge on any atom is -0.315 e. The van der Waals surface area contributed by atoms with E-state index in [0.29, 0.717) is 5.56 Å². The van der Waals surface area contributed by atoms with Crippen LogP contribution in [0.5, 0.6) is 0 Å². The molecular weight excluding hydrogens is 150 g/mol. The van der Waals surface area contributed by atoms with Gasteiger partial charge in [0, 0.05) is 18.3 Å². The fourth-order valence-corrected chi connectivity index (χ4v) is 1.05. The van der Waals surface area contributed by atoms with Crippen molar-refractivity contribution in [2.45, 2.75) is 13.8 Å². The van der Waals surface area contributed by atoms with E-state index in [1.807, 2.05) is 26.0 Å². The summed E-state index contributed by atoms with van der Waals surface area (Å²) in [6.07, 6.45) is 0. The first-order valence-corrected chi connectivity index (χ1v) is 3.86. The summed E-state index contributed by atoms with van der Waals surface area (Å²) in [5.41, 5.74) is 2.51.